The molecule has 2 aromatic carbocycles. The fraction of sp³-hybridized carbons (Fsp3) is 0.250. The van der Waals surface area contributed by atoms with Gasteiger partial charge in [-0.2, -0.15) is 0 Å². The van der Waals surface area contributed by atoms with Crippen LogP contribution in [0.5, 0.6) is 11.5 Å². The van der Waals surface area contributed by atoms with E-state index < -0.39 is 10.7 Å². The van der Waals surface area contributed by atoms with Crippen molar-refractivity contribution in [3.8, 4) is 11.5 Å². The molecule has 0 bridgehead atoms. The SMILES string of the molecule is Nc1cc(F)c2c(c1)CCO2.O=[N+]([O-])c1cc(F)c2c(c1)CCO2. The molecule has 0 radical (unpaired) electrons. The first-order chi connectivity index (χ1) is 11.5. The molecule has 0 saturated heterocycles. The van der Waals surface area contributed by atoms with Crippen LogP contribution in [-0.2, 0) is 12.8 Å². The van der Waals surface area contributed by atoms with Crippen LogP contribution in [0.15, 0.2) is 24.3 Å². The number of nitro benzene ring substituents is 1. The molecule has 2 aromatic rings. The number of hydrogen-bond acceptors (Lipinski definition) is 5. The number of non-ortho nitro benzene ring substituents is 1. The normalized spacial score (nSPS) is 13.9. The molecule has 0 fully saturated rings. The van der Waals surface area contributed by atoms with Gasteiger partial charge in [0.1, 0.15) is 0 Å². The zero-order chi connectivity index (χ0) is 17.3. The molecule has 2 N–H and O–H groups in total. The van der Waals surface area contributed by atoms with Crippen LogP contribution in [0.1, 0.15) is 11.1 Å². The minimum absolute atomic E-state index is 0.158. The molecule has 0 aromatic heterocycles. The number of anilines is 1. The van der Waals surface area contributed by atoms with Crippen molar-refractivity contribution in [3.05, 3.63) is 57.1 Å². The number of nitro groups is 1. The van der Waals surface area contributed by atoms with Crippen molar-refractivity contribution in [2.75, 3.05) is 18.9 Å². The highest BCUT2D eigenvalue weighted by molar-refractivity contribution is 5.50. The Balaban J connectivity index is 0.000000143. The van der Waals surface area contributed by atoms with E-state index in [4.69, 9.17) is 15.2 Å². The van der Waals surface area contributed by atoms with Crippen molar-refractivity contribution < 1.29 is 23.2 Å². The second kappa shape index (κ2) is 6.31. The van der Waals surface area contributed by atoms with Gasteiger partial charge < -0.3 is 15.2 Å². The third-order valence-electron chi connectivity index (χ3n) is 3.69. The van der Waals surface area contributed by atoms with E-state index in [1.807, 2.05) is 0 Å². The first-order valence-corrected chi connectivity index (χ1v) is 7.26. The lowest BCUT2D eigenvalue weighted by molar-refractivity contribution is -0.385. The third kappa shape index (κ3) is 3.08. The van der Waals surface area contributed by atoms with Crippen molar-refractivity contribution in [1.29, 1.82) is 0 Å². The zero-order valence-corrected chi connectivity index (χ0v) is 12.6. The maximum Gasteiger partial charge on any atom is 0.272 e. The Morgan fingerprint density at radius 1 is 0.958 bits per heavy atom. The van der Waals surface area contributed by atoms with E-state index in [9.17, 15) is 18.9 Å². The van der Waals surface area contributed by atoms with Crippen LogP contribution in [0, 0.1) is 21.7 Å². The van der Waals surface area contributed by atoms with Gasteiger partial charge in [-0.3, -0.25) is 10.1 Å². The highest BCUT2D eigenvalue weighted by Gasteiger charge is 2.21. The topological polar surface area (TPSA) is 87.6 Å². The molecule has 0 spiro atoms. The molecular weight excluding hydrogens is 322 g/mol. The summed E-state index contributed by atoms with van der Waals surface area (Å²) in [5.74, 6) is -0.469. The van der Waals surface area contributed by atoms with Crippen LogP contribution >= 0.6 is 0 Å². The monoisotopic (exact) mass is 336 g/mol. The van der Waals surface area contributed by atoms with Gasteiger partial charge in [-0.15, -0.1) is 0 Å². The molecule has 24 heavy (non-hydrogen) atoms. The van der Waals surface area contributed by atoms with Crippen LogP contribution in [0.25, 0.3) is 0 Å². The Bertz CT molecular complexity index is 811. The van der Waals surface area contributed by atoms with Gasteiger partial charge in [-0.1, -0.05) is 0 Å². The third-order valence-corrected chi connectivity index (χ3v) is 3.69. The predicted molar refractivity (Wildman–Crippen MR) is 82.3 cm³/mol. The van der Waals surface area contributed by atoms with E-state index in [0.717, 1.165) is 18.1 Å². The number of hydrogen-bond donors (Lipinski definition) is 1. The Morgan fingerprint density at radius 2 is 1.50 bits per heavy atom. The number of fused-ring (bicyclic) bond motifs is 2. The summed E-state index contributed by atoms with van der Waals surface area (Å²) in [5, 5.41) is 10.4. The Kier molecular flexibility index (Phi) is 4.20. The number of benzene rings is 2. The fourth-order valence-corrected chi connectivity index (χ4v) is 2.63. The second-order valence-corrected chi connectivity index (χ2v) is 5.36. The van der Waals surface area contributed by atoms with Crippen molar-refractivity contribution >= 4 is 11.4 Å². The summed E-state index contributed by atoms with van der Waals surface area (Å²) in [5.41, 5.74) is 7.13. The summed E-state index contributed by atoms with van der Waals surface area (Å²) in [6, 6.07) is 5.27. The maximum absolute atomic E-state index is 13.1. The molecular formula is C16H14F2N2O4. The average molecular weight is 336 g/mol. The first-order valence-electron chi connectivity index (χ1n) is 7.26. The van der Waals surface area contributed by atoms with E-state index in [1.165, 1.54) is 12.1 Å². The van der Waals surface area contributed by atoms with E-state index in [2.05, 4.69) is 0 Å². The largest absolute Gasteiger partial charge is 0.490 e. The molecule has 0 unspecified atom stereocenters. The van der Waals surface area contributed by atoms with E-state index >= 15 is 0 Å². The predicted octanol–water partition coefficient (Wildman–Crippen LogP) is 3.01. The minimum Gasteiger partial charge on any atom is -0.490 e. The number of nitrogens with zero attached hydrogens (tertiary/aromatic N) is 1. The van der Waals surface area contributed by atoms with Crippen LogP contribution in [0.4, 0.5) is 20.2 Å². The smallest absolute Gasteiger partial charge is 0.272 e. The van der Waals surface area contributed by atoms with Crippen molar-refractivity contribution in [2.45, 2.75) is 12.8 Å². The molecule has 2 aliphatic heterocycles. The molecule has 0 amide bonds. The van der Waals surface area contributed by atoms with E-state index in [-0.39, 0.29) is 17.3 Å². The molecule has 126 valence electrons. The number of rotatable bonds is 1. The summed E-state index contributed by atoms with van der Waals surface area (Å²) in [4.78, 5) is 9.74. The summed E-state index contributed by atoms with van der Waals surface area (Å²) < 4.78 is 36.0. The van der Waals surface area contributed by atoms with Gasteiger partial charge in [-0.05, 0) is 6.07 Å². The molecule has 2 aliphatic rings. The summed E-state index contributed by atoms with van der Waals surface area (Å²) >= 11 is 0. The molecule has 0 saturated carbocycles. The molecule has 0 atom stereocenters. The standard InChI is InChI=1S/C8H6FNO3.C8H8FNO/c9-7-4-6(10(11)12)3-5-1-2-13-8(5)7;9-7-4-6(10)3-5-1-2-11-8(5)7/h3-4H,1-2H2;3-4H,1-2,10H2. The highest BCUT2D eigenvalue weighted by Crippen LogP contribution is 2.32. The van der Waals surface area contributed by atoms with Crippen molar-refractivity contribution in [1.82, 2.24) is 0 Å². The zero-order valence-electron chi connectivity index (χ0n) is 12.6. The molecule has 4 rings (SSSR count). The Hall–Kier alpha value is -2.90. The van der Waals surface area contributed by atoms with Gasteiger partial charge in [-0.25, -0.2) is 8.78 Å². The van der Waals surface area contributed by atoms with E-state index in [1.54, 1.807) is 6.07 Å². The summed E-state index contributed by atoms with van der Waals surface area (Å²) in [6.07, 6.45) is 1.30. The van der Waals surface area contributed by atoms with Gasteiger partial charge in [0, 0.05) is 41.8 Å². The fourth-order valence-electron chi connectivity index (χ4n) is 2.63. The first kappa shape index (κ1) is 16.0. The van der Waals surface area contributed by atoms with Crippen LogP contribution in [0.2, 0.25) is 0 Å². The van der Waals surface area contributed by atoms with Gasteiger partial charge in [0.15, 0.2) is 23.1 Å². The Morgan fingerprint density at radius 3 is 2.08 bits per heavy atom. The van der Waals surface area contributed by atoms with Crippen molar-refractivity contribution in [3.63, 3.8) is 0 Å². The molecule has 0 aliphatic carbocycles. The number of nitrogens with two attached hydrogens (primary N) is 1. The molecule has 2 heterocycles. The lowest BCUT2D eigenvalue weighted by Gasteiger charge is -2.00. The number of ether oxygens (including phenoxy) is 2. The van der Waals surface area contributed by atoms with Crippen LogP contribution < -0.4 is 15.2 Å². The highest BCUT2D eigenvalue weighted by atomic mass is 19.1. The second-order valence-electron chi connectivity index (χ2n) is 5.36. The molecule has 8 heteroatoms. The van der Waals surface area contributed by atoms with E-state index in [0.29, 0.717) is 36.6 Å². The lowest BCUT2D eigenvalue weighted by atomic mass is 10.1. The van der Waals surface area contributed by atoms with Gasteiger partial charge >= 0.3 is 0 Å². The van der Waals surface area contributed by atoms with Crippen LogP contribution in [0.3, 0.4) is 0 Å². The molecule has 6 nitrogen and oxygen atoms in total. The van der Waals surface area contributed by atoms with Crippen molar-refractivity contribution in [2.24, 2.45) is 0 Å². The maximum atomic E-state index is 13.1. The van der Waals surface area contributed by atoms with Gasteiger partial charge in [0.2, 0.25) is 0 Å². The summed E-state index contributed by atoms with van der Waals surface area (Å²) in [6.45, 7) is 0.961. The number of nitrogen functional groups attached to an aromatic ring is 1. The average Bonchev–Trinajstić information content (AvgIpc) is 3.16. The lowest BCUT2D eigenvalue weighted by Crippen LogP contribution is -1.92. The Labute approximate surface area is 135 Å². The quantitative estimate of drug-likeness (QED) is 0.491. The van der Waals surface area contributed by atoms with Crippen LogP contribution in [-0.4, -0.2) is 18.1 Å². The minimum atomic E-state index is -0.651. The number of halogens is 2. The van der Waals surface area contributed by atoms with Gasteiger partial charge in [0.25, 0.3) is 5.69 Å². The van der Waals surface area contributed by atoms with Gasteiger partial charge in [0.05, 0.1) is 24.2 Å². The summed E-state index contributed by atoms with van der Waals surface area (Å²) in [7, 11) is 0.